The Morgan fingerprint density at radius 1 is 1.32 bits per heavy atom. The standard InChI is InChI=1S/C20H26N4O4/c1-3-24-16(9-11-22-24)20(26)23-12-13-28-18(14-23)19(25)21-10-8-15-6-4-5-7-17(15)27-2/h4-7,9,11,18H,3,8,10,12-14H2,1-2H3,(H,21,25)/t18-/m0/s1. The van der Waals surface area contributed by atoms with Crippen LogP contribution in [0.2, 0.25) is 0 Å². The molecule has 1 saturated heterocycles. The third-order valence-corrected chi connectivity index (χ3v) is 4.77. The van der Waals surface area contributed by atoms with Crippen LogP contribution in [0.15, 0.2) is 36.5 Å². The molecule has 0 spiro atoms. The van der Waals surface area contributed by atoms with E-state index in [-0.39, 0.29) is 18.4 Å². The molecule has 2 amide bonds. The Morgan fingerprint density at radius 2 is 2.14 bits per heavy atom. The molecular weight excluding hydrogens is 360 g/mol. The first-order valence-corrected chi connectivity index (χ1v) is 9.46. The van der Waals surface area contributed by atoms with Crippen molar-refractivity contribution in [3.05, 3.63) is 47.8 Å². The summed E-state index contributed by atoms with van der Waals surface area (Å²) < 4.78 is 12.6. The molecule has 1 aliphatic rings. The maximum atomic E-state index is 12.7. The van der Waals surface area contributed by atoms with E-state index < -0.39 is 6.10 Å². The fraction of sp³-hybridized carbons (Fsp3) is 0.450. The first kappa shape index (κ1) is 19.9. The molecule has 2 aromatic rings. The van der Waals surface area contributed by atoms with Gasteiger partial charge in [-0.15, -0.1) is 0 Å². The summed E-state index contributed by atoms with van der Waals surface area (Å²) in [5, 5.41) is 7.03. The number of nitrogens with one attached hydrogen (secondary N) is 1. The number of carbonyl (C=O) groups is 2. The smallest absolute Gasteiger partial charge is 0.272 e. The van der Waals surface area contributed by atoms with Gasteiger partial charge in [-0.1, -0.05) is 18.2 Å². The van der Waals surface area contributed by atoms with Crippen LogP contribution in [-0.4, -0.2) is 65.9 Å². The molecule has 3 rings (SSSR count). The van der Waals surface area contributed by atoms with Crippen molar-refractivity contribution in [1.29, 1.82) is 0 Å². The zero-order valence-electron chi connectivity index (χ0n) is 16.3. The van der Waals surface area contributed by atoms with Crippen LogP contribution in [0.5, 0.6) is 5.75 Å². The van der Waals surface area contributed by atoms with E-state index in [1.54, 1.807) is 29.0 Å². The monoisotopic (exact) mass is 386 g/mol. The van der Waals surface area contributed by atoms with Gasteiger partial charge in [-0.25, -0.2) is 0 Å². The first-order chi connectivity index (χ1) is 13.6. The highest BCUT2D eigenvalue weighted by molar-refractivity contribution is 5.93. The largest absolute Gasteiger partial charge is 0.496 e. The summed E-state index contributed by atoms with van der Waals surface area (Å²) in [5.41, 5.74) is 1.55. The number of amides is 2. The van der Waals surface area contributed by atoms with Gasteiger partial charge in [0.1, 0.15) is 11.4 Å². The maximum Gasteiger partial charge on any atom is 0.272 e. The summed E-state index contributed by atoms with van der Waals surface area (Å²) in [6, 6.07) is 9.41. The van der Waals surface area contributed by atoms with Crippen molar-refractivity contribution >= 4 is 11.8 Å². The number of hydrogen-bond acceptors (Lipinski definition) is 5. The molecule has 0 saturated carbocycles. The molecule has 28 heavy (non-hydrogen) atoms. The highest BCUT2D eigenvalue weighted by atomic mass is 16.5. The number of nitrogens with zero attached hydrogens (tertiary/aromatic N) is 3. The zero-order valence-corrected chi connectivity index (χ0v) is 16.3. The fourth-order valence-corrected chi connectivity index (χ4v) is 3.26. The lowest BCUT2D eigenvalue weighted by atomic mass is 10.1. The summed E-state index contributed by atoms with van der Waals surface area (Å²) in [6.45, 7) is 4.03. The highest BCUT2D eigenvalue weighted by Crippen LogP contribution is 2.17. The van der Waals surface area contributed by atoms with Gasteiger partial charge in [-0.05, 0) is 31.0 Å². The molecule has 1 aromatic heterocycles. The lowest BCUT2D eigenvalue weighted by Crippen LogP contribution is -2.52. The van der Waals surface area contributed by atoms with Crippen LogP contribution in [0.25, 0.3) is 0 Å². The molecule has 1 aliphatic heterocycles. The van der Waals surface area contributed by atoms with Gasteiger partial charge in [0.05, 0.1) is 20.3 Å². The van der Waals surface area contributed by atoms with Crippen LogP contribution < -0.4 is 10.1 Å². The summed E-state index contributed by atoms with van der Waals surface area (Å²) in [5.74, 6) is 0.459. The number of morpholine rings is 1. The lowest BCUT2D eigenvalue weighted by Gasteiger charge is -2.32. The van der Waals surface area contributed by atoms with E-state index in [1.165, 1.54) is 0 Å². The second kappa shape index (κ2) is 9.36. The Bertz CT molecular complexity index is 820. The van der Waals surface area contributed by atoms with Gasteiger partial charge >= 0.3 is 0 Å². The maximum absolute atomic E-state index is 12.7. The molecule has 0 bridgehead atoms. The van der Waals surface area contributed by atoms with E-state index in [1.807, 2.05) is 31.2 Å². The number of rotatable bonds is 7. The second-order valence-electron chi connectivity index (χ2n) is 6.50. The molecule has 0 unspecified atom stereocenters. The Hall–Kier alpha value is -2.87. The average molecular weight is 386 g/mol. The minimum absolute atomic E-state index is 0.130. The lowest BCUT2D eigenvalue weighted by molar-refractivity contribution is -0.137. The second-order valence-corrected chi connectivity index (χ2v) is 6.50. The van der Waals surface area contributed by atoms with E-state index in [4.69, 9.17) is 9.47 Å². The van der Waals surface area contributed by atoms with Gasteiger partial charge in [0.25, 0.3) is 11.8 Å². The zero-order chi connectivity index (χ0) is 19.9. The van der Waals surface area contributed by atoms with Crippen molar-refractivity contribution in [2.75, 3.05) is 33.4 Å². The molecule has 1 N–H and O–H groups in total. The number of carbonyl (C=O) groups excluding carboxylic acids is 2. The Kier molecular flexibility index (Phi) is 6.65. The van der Waals surface area contributed by atoms with E-state index >= 15 is 0 Å². The number of ether oxygens (including phenoxy) is 2. The highest BCUT2D eigenvalue weighted by Gasteiger charge is 2.30. The number of benzene rings is 1. The number of aromatic nitrogens is 2. The normalized spacial score (nSPS) is 16.6. The van der Waals surface area contributed by atoms with Gasteiger partial charge in [0.15, 0.2) is 6.10 Å². The number of methoxy groups -OCH3 is 1. The Labute approximate surface area is 164 Å². The van der Waals surface area contributed by atoms with Crippen LogP contribution in [0.3, 0.4) is 0 Å². The van der Waals surface area contributed by atoms with E-state index in [9.17, 15) is 9.59 Å². The number of aryl methyl sites for hydroxylation is 1. The Balaban J connectivity index is 1.53. The Morgan fingerprint density at radius 3 is 2.93 bits per heavy atom. The summed E-state index contributed by atoms with van der Waals surface area (Å²) >= 11 is 0. The van der Waals surface area contributed by atoms with Crippen LogP contribution in [-0.2, 0) is 22.5 Å². The fourth-order valence-electron chi connectivity index (χ4n) is 3.26. The van der Waals surface area contributed by atoms with Crippen LogP contribution in [0.1, 0.15) is 23.0 Å². The molecule has 1 fully saturated rings. The van der Waals surface area contributed by atoms with E-state index in [2.05, 4.69) is 10.4 Å². The molecule has 2 heterocycles. The van der Waals surface area contributed by atoms with Gasteiger partial charge < -0.3 is 19.7 Å². The molecule has 0 aliphatic carbocycles. The predicted molar refractivity (Wildman–Crippen MR) is 103 cm³/mol. The molecule has 1 aromatic carbocycles. The molecule has 150 valence electrons. The molecule has 8 heteroatoms. The van der Waals surface area contributed by atoms with Crippen LogP contribution in [0.4, 0.5) is 0 Å². The molecule has 1 atom stereocenters. The third kappa shape index (κ3) is 4.51. The quantitative estimate of drug-likeness (QED) is 0.771. The van der Waals surface area contributed by atoms with Crippen molar-refractivity contribution in [1.82, 2.24) is 20.0 Å². The van der Waals surface area contributed by atoms with Gasteiger partial charge in [0.2, 0.25) is 0 Å². The number of hydrogen-bond donors (Lipinski definition) is 1. The summed E-state index contributed by atoms with van der Waals surface area (Å²) in [6.07, 6.45) is 1.59. The topological polar surface area (TPSA) is 85.7 Å². The van der Waals surface area contributed by atoms with Gasteiger partial charge in [0, 0.05) is 25.8 Å². The third-order valence-electron chi connectivity index (χ3n) is 4.77. The van der Waals surface area contributed by atoms with Gasteiger partial charge in [-0.2, -0.15) is 5.10 Å². The van der Waals surface area contributed by atoms with Crippen molar-refractivity contribution in [2.45, 2.75) is 26.0 Å². The van der Waals surface area contributed by atoms with E-state index in [0.29, 0.717) is 38.4 Å². The van der Waals surface area contributed by atoms with Crippen molar-refractivity contribution < 1.29 is 19.1 Å². The number of para-hydroxylation sites is 1. The first-order valence-electron chi connectivity index (χ1n) is 9.46. The molecule has 8 nitrogen and oxygen atoms in total. The average Bonchev–Trinajstić information content (AvgIpc) is 3.22. The van der Waals surface area contributed by atoms with Crippen molar-refractivity contribution in [2.24, 2.45) is 0 Å². The van der Waals surface area contributed by atoms with Gasteiger partial charge in [-0.3, -0.25) is 14.3 Å². The van der Waals surface area contributed by atoms with E-state index in [0.717, 1.165) is 11.3 Å². The molecule has 0 radical (unpaired) electrons. The predicted octanol–water partition coefficient (Wildman–Crippen LogP) is 1.11. The van der Waals surface area contributed by atoms with Crippen LogP contribution in [0, 0.1) is 0 Å². The SMILES string of the molecule is CCn1nccc1C(=O)N1CCO[C@H](C(=O)NCCc2ccccc2OC)C1. The summed E-state index contributed by atoms with van der Waals surface area (Å²) in [4.78, 5) is 26.9. The minimum atomic E-state index is -0.673. The van der Waals surface area contributed by atoms with Crippen molar-refractivity contribution in [3.63, 3.8) is 0 Å². The van der Waals surface area contributed by atoms with Crippen LogP contribution >= 0.6 is 0 Å². The summed E-state index contributed by atoms with van der Waals surface area (Å²) in [7, 11) is 1.63. The molecular formula is C20H26N4O4. The minimum Gasteiger partial charge on any atom is -0.496 e. The van der Waals surface area contributed by atoms with Crippen molar-refractivity contribution in [3.8, 4) is 5.75 Å².